The molecule has 3 rings (SSSR count). The number of hydrogen-bond donors (Lipinski definition) is 3. The Kier molecular flexibility index (Phi) is 3.90. The fourth-order valence-corrected chi connectivity index (χ4v) is 2.81. The van der Waals surface area contributed by atoms with Crippen LogP contribution < -0.4 is 10.6 Å². The van der Waals surface area contributed by atoms with Gasteiger partial charge in [-0.2, -0.15) is 0 Å². The molecule has 2 aromatic rings. The van der Waals surface area contributed by atoms with Gasteiger partial charge in [-0.25, -0.2) is 15.0 Å². The van der Waals surface area contributed by atoms with E-state index in [-0.39, 0.29) is 25.1 Å². The standard InChI is InChI=1S/C13H18N6O3/c14-11(22)9-2-1-3-19(9)13-10-12(15-6-16-13)18(7-17-10)4-8(21)5-20/h6-9,20-21H,1-5H2,(H2,14,22)/t8?,9-/m1/s1. The summed E-state index contributed by atoms with van der Waals surface area (Å²) in [4.78, 5) is 26.1. The van der Waals surface area contributed by atoms with Crippen molar-refractivity contribution in [3.05, 3.63) is 12.7 Å². The summed E-state index contributed by atoms with van der Waals surface area (Å²) in [5.41, 5.74) is 6.55. The highest BCUT2D eigenvalue weighted by atomic mass is 16.3. The van der Waals surface area contributed by atoms with Crippen LogP contribution in [-0.2, 0) is 11.3 Å². The molecule has 1 fully saturated rings. The number of amides is 1. The molecule has 0 bridgehead atoms. The van der Waals surface area contributed by atoms with Gasteiger partial charge in [0.05, 0.1) is 25.6 Å². The number of aliphatic hydroxyl groups is 2. The third-order valence-corrected chi connectivity index (χ3v) is 3.85. The van der Waals surface area contributed by atoms with Gasteiger partial charge in [-0.05, 0) is 12.8 Å². The zero-order chi connectivity index (χ0) is 15.7. The Balaban J connectivity index is 1.99. The molecule has 0 saturated carbocycles. The monoisotopic (exact) mass is 306 g/mol. The lowest BCUT2D eigenvalue weighted by Gasteiger charge is -2.23. The summed E-state index contributed by atoms with van der Waals surface area (Å²) in [5, 5.41) is 18.5. The molecule has 2 aromatic heterocycles. The van der Waals surface area contributed by atoms with Crippen LogP contribution in [0.3, 0.4) is 0 Å². The molecule has 1 saturated heterocycles. The van der Waals surface area contributed by atoms with Crippen LogP contribution >= 0.6 is 0 Å². The number of anilines is 1. The number of aliphatic hydroxyl groups excluding tert-OH is 2. The Morgan fingerprint density at radius 2 is 2.27 bits per heavy atom. The molecule has 0 aliphatic carbocycles. The Morgan fingerprint density at radius 1 is 1.45 bits per heavy atom. The van der Waals surface area contributed by atoms with Crippen molar-refractivity contribution < 1.29 is 15.0 Å². The zero-order valence-corrected chi connectivity index (χ0v) is 12.0. The molecule has 1 aliphatic heterocycles. The second-order valence-corrected chi connectivity index (χ2v) is 5.36. The lowest BCUT2D eigenvalue weighted by molar-refractivity contribution is -0.119. The van der Waals surface area contributed by atoms with Gasteiger partial charge in [-0.1, -0.05) is 0 Å². The SMILES string of the molecule is NC(=O)[C@H]1CCCN1c1ncnc2c1ncn2CC(O)CO. The molecule has 2 atom stereocenters. The van der Waals surface area contributed by atoms with E-state index in [0.717, 1.165) is 6.42 Å². The molecule has 1 aliphatic rings. The molecular formula is C13H18N6O3. The highest BCUT2D eigenvalue weighted by molar-refractivity contribution is 5.89. The fourth-order valence-electron chi connectivity index (χ4n) is 2.81. The van der Waals surface area contributed by atoms with Crippen molar-refractivity contribution in [3.8, 4) is 0 Å². The zero-order valence-electron chi connectivity index (χ0n) is 12.0. The highest BCUT2D eigenvalue weighted by Gasteiger charge is 2.32. The van der Waals surface area contributed by atoms with Crippen molar-refractivity contribution in [1.82, 2.24) is 19.5 Å². The topological polar surface area (TPSA) is 130 Å². The van der Waals surface area contributed by atoms with Crippen LogP contribution in [-0.4, -0.2) is 60.9 Å². The van der Waals surface area contributed by atoms with E-state index >= 15 is 0 Å². The molecule has 4 N–H and O–H groups in total. The summed E-state index contributed by atoms with van der Waals surface area (Å²) in [5.74, 6) is 0.197. The quantitative estimate of drug-likeness (QED) is 0.621. The smallest absolute Gasteiger partial charge is 0.240 e. The van der Waals surface area contributed by atoms with E-state index in [1.807, 2.05) is 4.90 Å². The molecule has 0 aromatic carbocycles. The minimum atomic E-state index is -0.888. The van der Waals surface area contributed by atoms with Crippen molar-refractivity contribution in [1.29, 1.82) is 0 Å². The normalized spacial score (nSPS) is 19.7. The first-order valence-corrected chi connectivity index (χ1v) is 7.12. The van der Waals surface area contributed by atoms with Gasteiger partial charge >= 0.3 is 0 Å². The van der Waals surface area contributed by atoms with Crippen LogP contribution in [0.1, 0.15) is 12.8 Å². The first-order valence-electron chi connectivity index (χ1n) is 7.12. The molecule has 22 heavy (non-hydrogen) atoms. The number of aromatic nitrogens is 4. The number of rotatable bonds is 5. The maximum absolute atomic E-state index is 11.6. The van der Waals surface area contributed by atoms with E-state index in [1.165, 1.54) is 12.7 Å². The van der Waals surface area contributed by atoms with Gasteiger partial charge in [-0.3, -0.25) is 4.79 Å². The van der Waals surface area contributed by atoms with Crippen LogP contribution in [0.5, 0.6) is 0 Å². The molecule has 118 valence electrons. The van der Waals surface area contributed by atoms with Crippen molar-refractivity contribution in [2.75, 3.05) is 18.1 Å². The van der Waals surface area contributed by atoms with Crippen molar-refractivity contribution >= 4 is 22.9 Å². The lowest BCUT2D eigenvalue weighted by atomic mass is 10.2. The van der Waals surface area contributed by atoms with Gasteiger partial charge in [0.15, 0.2) is 17.0 Å². The number of hydrogen-bond acceptors (Lipinski definition) is 7. The average Bonchev–Trinajstić information content (AvgIpc) is 3.14. The van der Waals surface area contributed by atoms with Crippen molar-refractivity contribution in [2.45, 2.75) is 31.5 Å². The fraction of sp³-hybridized carbons (Fsp3) is 0.538. The second kappa shape index (κ2) is 5.85. The van der Waals surface area contributed by atoms with Gasteiger partial charge in [0.25, 0.3) is 0 Å². The first kappa shape index (κ1) is 14.7. The van der Waals surface area contributed by atoms with E-state index in [4.69, 9.17) is 10.8 Å². The van der Waals surface area contributed by atoms with E-state index in [0.29, 0.717) is 29.9 Å². The van der Waals surface area contributed by atoms with E-state index < -0.39 is 6.10 Å². The third-order valence-electron chi connectivity index (χ3n) is 3.85. The van der Waals surface area contributed by atoms with E-state index in [1.54, 1.807) is 4.57 Å². The number of fused-ring (bicyclic) bond motifs is 1. The predicted octanol–water partition coefficient (Wildman–Crippen LogP) is -1.37. The molecule has 3 heterocycles. The predicted molar refractivity (Wildman–Crippen MR) is 78.0 cm³/mol. The van der Waals surface area contributed by atoms with Crippen LogP contribution in [0.4, 0.5) is 5.82 Å². The maximum Gasteiger partial charge on any atom is 0.240 e. The van der Waals surface area contributed by atoms with Gasteiger partial charge in [0.1, 0.15) is 12.4 Å². The Bertz CT molecular complexity index is 687. The van der Waals surface area contributed by atoms with Gasteiger partial charge < -0.3 is 25.4 Å². The minimum Gasteiger partial charge on any atom is -0.394 e. The first-order chi connectivity index (χ1) is 10.6. The van der Waals surface area contributed by atoms with Crippen molar-refractivity contribution in [3.63, 3.8) is 0 Å². The summed E-state index contributed by atoms with van der Waals surface area (Å²) in [6.07, 6.45) is 3.61. The highest BCUT2D eigenvalue weighted by Crippen LogP contribution is 2.28. The number of carbonyl (C=O) groups is 1. The molecule has 9 heteroatoms. The molecule has 1 amide bonds. The van der Waals surface area contributed by atoms with Crippen LogP contribution in [0.25, 0.3) is 11.2 Å². The Labute approximate surface area is 126 Å². The van der Waals surface area contributed by atoms with Gasteiger partial charge in [-0.15, -0.1) is 0 Å². The minimum absolute atomic E-state index is 0.183. The largest absolute Gasteiger partial charge is 0.394 e. The number of primary amides is 1. The third kappa shape index (κ3) is 2.48. The summed E-state index contributed by atoms with van der Waals surface area (Å²) in [6, 6.07) is -0.383. The Hall–Kier alpha value is -2.26. The number of imidazole rings is 1. The Morgan fingerprint density at radius 3 is 3.00 bits per heavy atom. The van der Waals surface area contributed by atoms with E-state index in [2.05, 4.69) is 15.0 Å². The van der Waals surface area contributed by atoms with E-state index in [9.17, 15) is 9.90 Å². The summed E-state index contributed by atoms with van der Waals surface area (Å²) < 4.78 is 1.65. The molecule has 0 radical (unpaired) electrons. The molecule has 1 unspecified atom stereocenters. The van der Waals surface area contributed by atoms with Crippen LogP contribution in [0, 0.1) is 0 Å². The molecular weight excluding hydrogens is 288 g/mol. The maximum atomic E-state index is 11.6. The van der Waals surface area contributed by atoms with Gasteiger partial charge in [0, 0.05) is 6.54 Å². The number of nitrogens with zero attached hydrogens (tertiary/aromatic N) is 5. The molecule has 9 nitrogen and oxygen atoms in total. The number of nitrogens with two attached hydrogens (primary N) is 1. The summed E-state index contributed by atoms with van der Waals surface area (Å²) in [7, 11) is 0. The van der Waals surface area contributed by atoms with Crippen LogP contribution in [0.15, 0.2) is 12.7 Å². The van der Waals surface area contributed by atoms with Crippen LogP contribution in [0.2, 0.25) is 0 Å². The summed E-state index contributed by atoms with van der Waals surface area (Å²) in [6.45, 7) is 0.530. The number of carbonyl (C=O) groups excluding carboxylic acids is 1. The van der Waals surface area contributed by atoms with Gasteiger partial charge in [0.2, 0.25) is 5.91 Å². The average molecular weight is 306 g/mol. The molecule has 0 spiro atoms. The lowest BCUT2D eigenvalue weighted by Crippen LogP contribution is -2.40. The second-order valence-electron chi connectivity index (χ2n) is 5.36. The van der Waals surface area contributed by atoms with Crippen molar-refractivity contribution in [2.24, 2.45) is 5.73 Å². The summed E-state index contributed by atoms with van der Waals surface area (Å²) >= 11 is 0.